The Balaban J connectivity index is 1.45. The van der Waals surface area contributed by atoms with Gasteiger partial charge in [-0.05, 0) is 62.4 Å². The summed E-state index contributed by atoms with van der Waals surface area (Å²) in [5.74, 6) is 6.74. The van der Waals surface area contributed by atoms with Gasteiger partial charge in [-0.2, -0.15) is 23.5 Å². The topological polar surface area (TPSA) is 41.6 Å². The first kappa shape index (κ1) is 20.9. The fourth-order valence-corrected chi connectivity index (χ4v) is 6.56. The summed E-state index contributed by atoms with van der Waals surface area (Å²) in [6.45, 7) is 4.40. The van der Waals surface area contributed by atoms with Gasteiger partial charge in [-0.25, -0.2) is 0 Å². The number of anilines is 1. The first-order valence-corrected chi connectivity index (χ1v) is 12.3. The molecule has 2 aliphatic heterocycles. The molecule has 27 heavy (non-hydrogen) atoms. The number of benzene rings is 1. The highest BCUT2D eigenvalue weighted by Crippen LogP contribution is 2.27. The molecule has 0 spiro atoms. The van der Waals surface area contributed by atoms with Crippen molar-refractivity contribution in [2.24, 2.45) is 5.92 Å². The second kappa shape index (κ2) is 10.6. The van der Waals surface area contributed by atoms with Crippen molar-refractivity contribution in [3.8, 4) is 5.75 Å². The van der Waals surface area contributed by atoms with Crippen LogP contribution in [0.2, 0.25) is 0 Å². The number of aryl methyl sites for hydroxylation is 1. The van der Waals surface area contributed by atoms with Crippen molar-refractivity contribution < 1.29 is 9.53 Å². The number of rotatable bonds is 6. The van der Waals surface area contributed by atoms with Crippen LogP contribution in [0.5, 0.6) is 5.75 Å². The highest BCUT2D eigenvalue weighted by Gasteiger charge is 2.27. The molecule has 1 aromatic carbocycles. The number of amides is 1. The Morgan fingerprint density at radius 2 is 2.07 bits per heavy atom. The molecule has 0 radical (unpaired) electrons. The number of nitrogens with one attached hydrogen (secondary N) is 1. The van der Waals surface area contributed by atoms with E-state index >= 15 is 0 Å². The number of methoxy groups -OCH3 is 1. The third-order valence-corrected chi connectivity index (χ3v) is 8.03. The summed E-state index contributed by atoms with van der Waals surface area (Å²) >= 11 is 4.21. The van der Waals surface area contributed by atoms with E-state index in [1.807, 2.05) is 25.1 Å². The molecule has 1 amide bonds. The molecule has 1 aromatic rings. The van der Waals surface area contributed by atoms with Gasteiger partial charge in [-0.1, -0.05) is 0 Å². The Kier molecular flexibility index (Phi) is 8.22. The molecule has 2 saturated heterocycles. The number of nitrogens with zero attached hydrogens (tertiary/aromatic N) is 1. The maximum absolute atomic E-state index is 12.4. The number of likely N-dealkylation sites (tertiary alicyclic amines) is 1. The molecule has 2 aliphatic rings. The molecule has 150 valence electrons. The van der Waals surface area contributed by atoms with Crippen molar-refractivity contribution in [2.75, 3.05) is 48.5 Å². The van der Waals surface area contributed by atoms with Crippen molar-refractivity contribution >= 4 is 35.1 Å². The van der Waals surface area contributed by atoms with Crippen LogP contribution in [0.1, 0.15) is 31.2 Å². The quantitative estimate of drug-likeness (QED) is 0.761. The highest BCUT2D eigenvalue weighted by atomic mass is 32.2. The fourth-order valence-electron chi connectivity index (χ4n) is 3.93. The van der Waals surface area contributed by atoms with Crippen LogP contribution in [0.25, 0.3) is 0 Å². The van der Waals surface area contributed by atoms with E-state index in [2.05, 4.69) is 33.7 Å². The zero-order valence-electron chi connectivity index (χ0n) is 16.5. The molecular formula is C21H32N2O2S2. The third-order valence-electron chi connectivity index (χ3n) is 5.55. The van der Waals surface area contributed by atoms with Crippen molar-refractivity contribution in [3.63, 3.8) is 0 Å². The summed E-state index contributed by atoms with van der Waals surface area (Å²) in [4.78, 5) is 15.1. The third kappa shape index (κ3) is 6.33. The minimum atomic E-state index is 0.126. The molecule has 1 unspecified atom stereocenters. The maximum atomic E-state index is 12.4. The molecule has 6 heteroatoms. The molecule has 0 aromatic heterocycles. The van der Waals surface area contributed by atoms with Crippen LogP contribution in [-0.2, 0) is 4.79 Å². The van der Waals surface area contributed by atoms with Crippen LogP contribution >= 0.6 is 23.5 Å². The van der Waals surface area contributed by atoms with Gasteiger partial charge in [0.15, 0.2) is 0 Å². The predicted octanol–water partition coefficient (Wildman–Crippen LogP) is 4.28. The first-order chi connectivity index (χ1) is 13.2. The summed E-state index contributed by atoms with van der Waals surface area (Å²) in [5.41, 5.74) is 1.92. The van der Waals surface area contributed by atoms with E-state index in [1.54, 1.807) is 7.11 Å². The van der Waals surface area contributed by atoms with Gasteiger partial charge in [0.25, 0.3) is 0 Å². The van der Waals surface area contributed by atoms with Crippen molar-refractivity contribution in [1.29, 1.82) is 0 Å². The Morgan fingerprint density at radius 3 is 2.78 bits per heavy atom. The van der Waals surface area contributed by atoms with Gasteiger partial charge in [-0.3, -0.25) is 9.69 Å². The van der Waals surface area contributed by atoms with Crippen LogP contribution in [-0.4, -0.2) is 60.1 Å². The van der Waals surface area contributed by atoms with Gasteiger partial charge in [0.05, 0.1) is 7.11 Å². The average molecular weight is 409 g/mol. The van der Waals surface area contributed by atoms with E-state index in [4.69, 9.17) is 4.74 Å². The van der Waals surface area contributed by atoms with E-state index in [0.717, 1.165) is 29.5 Å². The minimum absolute atomic E-state index is 0.126. The molecule has 2 heterocycles. The van der Waals surface area contributed by atoms with Crippen LogP contribution in [0, 0.1) is 12.8 Å². The number of carbonyl (C=O) groups excluding carboxylic acids is 1. The second-order valence-corrected chi connectivity index (χ2v) is 9.87. The molecule has 3 rings (SSSR count). The van der Waals surface area contributed by atoms with Crippen LogP contribution in [0.3, 0.4) is 0 Å². The van der Waals surface area contributed by atoms with Crippen LogP contribution < -0.4 is 10.1 Å². The Labute approximate surface area is 172 Å². The fraction of sp³-hybridized carbons (Fsp3) is 0.667. The summed E-state index contributed by atoms with van der Waals surface area (Å²) < 4.78 is 5.23. The van der Waals surface area contributed by atoms with Gasteiger partial charge >= 0.3 is 0 Å². The van der Waals surface area contributed by atoms with Gasteiger partial charge in [0.1, 0.15) is 5.75 Å². The normalized spacial score (nSPS) is 22.2. The molecule has 0 bridgehead atoms. The number of hydrogen-bond donors (Lipinski definition) is 1. The smallest absolute Gasteiger partial charge is 0.224 e. The molecular weight excluding hydrogens is 376 g/mol. The standard InChI is InChI=1S/C21H32N2O2S2/c1-16-12-19(25-2)6-7-20(16)22-21(24)8-5-17-4-3-9-23(13-17)18-14-26-10-11-27-15-18/h6-7,12,17-18H,3-5,8-11,13-15H2,1-2H3,(H,22,24). The molecule has 1 atom stereocenters. The monoisotopic (exact) mass is 408 g/mol. The van der Waals surface area contributed by atoms with E-state index in [-0.39, 0.29) is 5.91 Å². The number of ether oxygens (including phenoxy) is 1. The van der Waals surface area contributed by atoms with E-state index < -0.39 is 0 Å². The van der Waals surface area contributed by atoms with Gasteiger partial charge in [0.2, 0.25) is 5.91 Å². The number of carbonyl (C=O) groups is 1. The summed E-state index contributed by atoms with van der Waals surface area (Å²) in [6.07, 6.45) is 4.14. The average Bonchev–Trinajstić information content (AvgIpc) is 2.98. The van der Waals surface area contributed by atoms with Gasteiger partial charge in [0, 0.05) is 47.7 Å². The Morgan fingerprint density at radius 1 is 1.30 bits per heavy atom. The predicted molar refractivity (Wildman–Crippen MR) is 118 cm³/mol. The lowest BCUT2D eigenvalue weighted by Crippen LogP contribution is -2.45. The lowest BCUT2D eigenvalue weighted by molar-refractivity contribution is -0.116. The van der Waals surface area contributed by atoms with Gasteiger partial charge < -0.3 is 10.1 Å². The first-order valence-electron chi connectivity index (χ1n) is 9.99. The molecule has 0 aliphatic carbocycles. The maximum Gasteiger partial charge on any atom is 0.224 e. The Hall–Kier alpha value is -0.850. The zero-order valence-corrected chi connectivity index (χ0v) is 18.2. The van der Waals surface area contributed by atoms with Crippen LogP contribution in [0.4, 0.5) is 5.69 Å². The molecule has 1 N–H and O–H groups in total. The second-order valence-electron chi connectivity index (χ2n) is 7.57. The molecule has 4 nitrogen and oxygen atoms in total. The number of thioether (sulfide) groups is 2. The van der Waals surface area contributed by atoms with E-state index in [1.165, 1.54) is 48.9 Å². The largest absolute Gasteiger partial charge is 0.497 e. The SMILES string of the molecule is COc1ccc(NC(=O)CCC2CCCN(C3CSCCSC3)C2)c(C)c1. The highest BCUT2D eigenvalue weighted by molar-refractivity contribution is 8.03. The van der Waals surface area contributed by atoms with Crippen molar-refractivity contribution in [1.82, 2.24) is 4.90 Å². The minimum Gasteiger partial charge on any atom is -0.497 e. The summed E-state index contributed by atoms with van der Waals surface area (Å²) in [6, 6.07) is 6.50. The molecule has 0 saturated carbocycles. The van der Waals surface area contributed by atoms with Gasteiger partial charge in [-0.15, -0.1) is 0 Å². The zero-order chi connectivity index (χ0) is 19.1. The molecule has 2 fully saturated rings. The Bertz CT molecular complexity index is 618. The van der Waals surface area contributed by atoms with E-state index in [9.17, 15) is 4.79 Å². The summed E-state index contributed by atoms with van der Waals surface area (Å²) in [7, 11) is 1.66. The van der Waals surface area contributed by atoms with E-state index in [0.29, 0.717) is 12.3 Å². The number of piperidine rings is 1. The number of hydrogen-bond acceptors (Lipinski definition) is 5. The van der Waals surface area contributed by atoms with Crippen molar-refractivity contribution in [3.05, 3.63) is 23.8 Å². The lowest BCUT2D eigenvalue weighted by Gasteiger charge is -2.37. The van der Waals surface area contributed by atoms with Crippen molar-refractivity contribution in [2.45, 2.75) is 38.6 Å². The lowest BCUT2D eigenvalue weighted by atomic mass is 9.92. The van der Waals surface area contributed by atoms with Crippen LogP contribution in [0.15, 0.2) is 18.2 Å². The summed E-state index contributed by atoms with van der Waals surface area (Å²) in [5, 5.41) is 3.07.